The van der Waals surface area contributed by atoms with E-state index in [9.17, 15) is 18.3 Å². The molecule has 1 atom stereocenters. The van der Waals surface area contributed by atoms with Gasteiger partial charge in [-0.25, -0.2) is 14.6 Å². The second kappa shape index (κ2) is 11.1. The summed E-state index contributed by atoms with van der Waals surface area (Å²) < 4.78 is 44.4. The van der Waals surface area contributed by atoms with E-state index in [2.05, 4.69) is 50.4 Å². The van der Waals surface area contributed by atoms with Crippen LogP contribution in [0.4, 0.5) is 24.8 Å². The van der Waals surface area contributed by atoms with Crippen LogP contribution >= 0.6 is 0 Å². The number of aromatic nitrogens is 5. The molecule has 0 aliphatic rings. The smallest absolute Gasteiger partial charge is 0.406 e. The van der Waals surface area contributed by atoms with Gasteiger partial charge in [-0.3, -0.25) is 4.57 Å². The predicted octanol–water partition coefficient (Wildman–Crippen LogP) is 5.94. The number of para-hydroxylation sites is 1. The third-order valence-electron chi connectivity index (χ3n) is 6.00. The van der Waals surface area contributed by atoms with E-state index in [1.165, 1.54) is 35.3 Å². The summed E-state index contributed by atoms with van der Waals surface area (Å²) in [6.45, 7) is 4.24. The Bertz CT molecular complexity index is 1560. The fraction of sp³-hybridized carbons (Fsp3) is 0.179. The molecule has 3 N–H and O–H groups in total. The number of ether oxygens (including phenoxy) is 1. The monoisotopic (exact) mass is 549 g/mol. The van der Waals surface area contributed by atoms with Gasteiger partial charge in [-0.1, -0.05) is 32.0 Å². The van der Waals surface area contributed by atoms with Crippen molar-refractivity contribution in [2.45, 2.75) is 32.5 Å². The van der Waals surface area contributed by atoms with Gasteiger partial charge in [0.25, 0.3) is 0 Å². The van der Waals surface area contributed by atoms with Crippen molar-refractivity contribution in [2.24, 2.45) is 0 Å². The molecule has 5 rings (SSSR count). The molecule has 0 saturated carbocycles. The van der Waals surface area contributed by atoms with Gasteiger partial charge in [-0.15, -0.1) is 18.3 Å². The van der Waals surface area contributed by atoms with Gasteiger partial charge in [0.15, 0.2) is 5.82 Å². The molecule has 40 heavy (non-hydrogen) atoms. The number of hydrogen-bond donors (Lipinski definition) is 3. The van der Waals surface area contributed by atoms with Crippen molar-refractivity contribution in [3.8, 4) is 28.5 Å². The average molecular weight is 550 g/mol. The number of hydrogen-bond acceptors (Lipinski definition) is 7. The van der Waals surface area contributed by atoms with Gasteiger partial charge in [0.2, 0.25) is 12.3 Å². The summed E-state index contributed by atoms with van der Waals surface area (Å²) in [4.78, 5) is 8.64. The number of anilines is 2. The molecule has 0 fully saturated rings. The zero-order valence-electron chi connectivity index (χ0n) is 21.5. The lowest BCUT2D eigenvalue weighted by molar-refractivity contribution is -0.274. The summed E-state index contributed by atoms with van der Waals surface area (Å²) in [6, 6.07) is 20.5. The number of nitrogens with one attached hydrogen (secondary N) is 2. The lowest BCUT2D eigenvalue weighted by Gasteiger charge is -2.19. The highest BCUT2D eigenvalue weighted by Gasteiger charge is 2.31. The molecule has 12 heteroatoms. The van der Waals surface area contributed by atoms with Gasteiger partial charge in [-0.2, -0.15) is 0 Å². The van der Waals surface area contributed by atoms with E-state index in [0.29, 0.717) is 34.6 Å². The molecule has 1 unspecified atom stereocenters. The topological polar surface area (TPSA) is 102 Å². The van der Waals surface area contributed by atoms with Gasteiger partial charge in [0.05, 0.1) is 11.4 Å². The fourth-order valence-electron chi connectivity index (χ4n) is 4.15. The van der Waals surface area contributed by atoms with Crippen molar-refractivity contribution >= 4 is 11.6 Å². The van der Waals surface area contributed by atoms with Crippen molar-refractivity contribution in [3.63, 3.8) is 0 Å². The van der Waals surface area contributed by atoms with E-state index in [4.69, 9.17) is 0 Å². The second-order valence-corrected chi connectivity index (χ2v) is 9.16. The van der Waals surface area contributed by atoms with E-state index in [1.54, 1.807) is 30.5 Å². The normalized spacial score (nSPS) is 12.4. The molecule has 0 saturated heterocycles. The van der Waals surface area contributed by atoms with Gasteiger partial charge >= 0.3 is 6.36 Å². The SMILES string of the molecule is CC(C)c1ccccc1-n1ccnc1NC(O)Nc1ccc(-c2ncn(-c3ccc(OC(F)(F)F)cc3)n2)cc1. The Hall–Kier alpha value is -4.84. The molecule has 2 heterocycles. The van der Waals surface area contributed by atoms with Crippen LogP contribution in [0.25, 0.3) is 22.8 Å². The molecule has 0 spiro atoms. The first-order valence-electron chi connectivity index (χ1n) is 12.4. The molecular formula is C28H26F3N7O2. The molecule has 0 bridgehead atoms. The lowest BCUT2D eigenvalue weighted by atomic mass is 10.0. The molecule has 5 aromatic rings. The highest BCUT2D eigenvalue weighted by molar-refractivity contribution is 5.60. The van der Waals surface area contributed by atoms with Crippen LogP contribution in [0, 0.1) is 0 Å². The second-order valence-electron chi connectivity index (χ2n) is 9.16. The van der Waals surface area contributed by atoms with Gasteiger partial charge in [-0.05, 0) is 66.1 Å². The zero-order chi connectivity index (χ0) is 28.3. The Balaban J connectivity index is 1.23. The summed E-state index contributed by atoms with van der Waals surface area (Å²) in [5.74, 6) is 0.900. The summed E-state index contributed by atoms with van der Waals surface area (Å²) in [7, 11) is 0. The Morgan fingerprint density at radius 2 is 1.62 bits per heavy atom. The van der Waals surface area contributed by atoms with Crippen molar-refractivity contribution in [1.82, 2.24) is 24.3 Å². The van der Waals surface area contributed by atoms with Gasteiger partial charge in [0.1, 0.15) is 12.1 Å². The van der Waals surface area contributed by atoms with Crippen molar-refractivity contribution in [3.05, 3.63) is 97.1 Å². The van der Waals surface area contributed by atoms with E-state index in [0.717, 1.165) is 11.3 Å². The summed E-state index contributed by atoms with van der Waals surface area (Å²) in [5.41, 5.74) is 4.01. The van der Waals surface area contributed by atoms with Crippen LogP contribution in [0.2, 0.25) is 0 Å². The van der Waals surface area contributed by atoms with Crippen LogP contribution in [-0.4, -0.2) is 42.1 Å². The molecule has 9 nitrogen and oxygen atoms in total. The molecule has 0 amide bonds. The van der Waals surface area contributed by atoms with Gasteiger partial charge < -0.3 is 20.5 Å². The molecule has 2 aromatic heterocycles. The first-order chi connectivity index (χ1) is 19.2. The van der Waals surface area contributed by atoms with Crippen molar-refractivity contribution < 1.29 is 23.0 Å². The third-order valence-corrected chi connectivity index (χ3v) is 6.00. The third kappa shape index (κ3) is 6.24. The number of nitrogens with zero attached hydrogens (tertiary/aromatic N) is 5. The molecule has 0 aliphatic heterocycles. The molecule has 3 aromatic carbocycles. The maximum absolute atomic E-state index is 12.4. The molecular weight excluding hydrogens is 523 g/mol. The van der Waals surface area contributed by atoms with Crippen molar-refractivity contribution in [1.29, 1.82) is 0 Å². The summed E-state index contributed by atoms with van der Waals surface area (Å²) in [6.07, 6.45) is -0.912. The average Bonchev–Trinajstić information content (AvgIpc) is 3.59. The number of aliphatic hydroxyl groups is 1. The molecule has 0 radical (unpaired) electrons. The van der Waals surface area contributed by atoms with Gasteiger partial charge in [0, 0.05) is 23.6 Å². The van der Waals surface area contributed by atoms with Crippen molar-refractivity contribution in [2.75, 3.05) is 10.6 Å². The standard InChI is InChI=1S/C28H26F3N7O2/c1-18(2)23-5-3-4-6-24(23)37-16-15-32-26(37)35-27(39)34-20-9-7-19(8-10-20)25-33-17-38(36-25)21-11-13-22(14-12-21)40-28(29,30)31/h3-18,27,34,39H,1-2H3,(H,32,35). The minimum atomic E-state index is -4.75. The largest absolute Gasteiger partial charge is 0.573 e. The fourth-order valence-corrected chi connectivity index (χ4v) is 4.15. The Labute approximate surface area is 227 Å². The first kappa shape index (κ1) is 26.8. The molecule has 0 aliphatic carbocycles. The lowest BCUT2D eigenvalue weighted by Crippen LogP contribution is -2.29. The van der Waals surface area contributed by atoms with Crippen LogP contribution in [-0.2, 0) is 0 Å². The number of imidazole rings is 1. The highest BCUT2D eigenvalue weighted by Crippen LogP contribution is 2.26. The van der Waals surface area contributed by atoms with Crippen LogP contribution in [0.15, 0.2) is 91.5 Å². The number of alkyl halides is 3. The van der Waals surface area contributed by atoms with E-state index < -0.39 is 12.7 Å². The zero-order valence-corrected chi connectivity index (χ0v) is 21.5. The van der Waals surface area contributed by atoms with Crippen LogP contribution in [0.1, 0.15) is 25.3 Å². The number of benzene rings is 3. The Morgan fingerprint density at radius 3 is 2.33 bits per heavy atom. The van der Waals surface area contributed by atoms with Crippen LogP contribution in [0.5, 0.6) is 5.75 Å². The number of aliphatic hydroxyl groups excluding tert-OH is 1. The predicted molar refractivity (Wildman–Crippen MR) is 144 cm³/mol. The minimum Gasteiger partial charge on any atom is -0.406 e. The van der Waals surface area contributed by atoms with E-state index in [-0.39, 0.29) is 5.75 Å². The quantitative estimate of drug-likeness (QED) is 0.196. The maximum atomic E-state index is 12.4. The highest BCUT2D eigenvalue weighted by atomic mass is 19.4. The van der Waals surface area contributed by atoms with E-state index in [1.807, 2.05) is 29.0 Å². The molecule has 206 valence electrons. The van der Waals surface area contributed by atoms with E-state index >= 15 is 0 Å². The summed E-state index contributed by atoms with van der Waals surface area (Å²) in [5, 5.41) is 21.0. The number of halogens is 3. The minimum absolute atomic E-state index is 0.312. The Morgan fingerprint density at radius 1 is 0.900 bits per heavy atom. The van der Waals surface area contributed by atoms with Crippen LogP contribution < -0.4 is 15.4 Å². The maximum Gasteiger partial charge on any atom is 0.573 e. The summed E-state index contributed by atoms with van der Waals surface area (Å²) >= 11 is 0. The Kier molecular flexibility index (Phi) is 7.43. The number of rotatable bonds is 9. The van der Waals surface area contributed by atoms with Crippen LogP contribution in [0.3, 0.4) is 0 Å². The first-order valence-corrected chi connectivity index (χ1v) is 12.4.